The molecule has 1 aromatic rings. The van der Waals surface area contributed by atoms with Crippen molar-refractivity contribution in [2.45, 2.75) is 38.1 Å². The van der Waals surface area contributed by atoms with E-state index >= 15 is 0 Å². The molecular formula is C17H19F3N2O3. The van der Waals surface area contributed by atoms with Gasteiger partial charge in [0.05, 0.1) is 13.0 Å². The predicted molar refractivity (Wildman–Crippen MR) is 84.1 cm³/mol. The van der Waals surface area contributed by atoms with Crippen LogP contribution in [0.3, 0.4) is 0 Å². The topological polar surface area (TPSA) is 62.1 Å². The summed E-state index contributed by atoms with van der Waals surface area (Å²) in [6, 6.07) is 5.64. The first-order chi connectivity index (χ1) is 11.7. The zero-order valence-electron chi connectivity index (χ0n) is 13.9. The van der Waals surface area contributed by atoms with Crippen LogP contribution < -0.4 is 4.74 Å². The maximum atomic E-state index is 13.8. The monoisotopic (exact) mass is 356 g/mol. The van der Waals surface area contributed by atoms with E-state index in [0.717, 1.165) is 0 Å². The second-order valence-electron chi connectivity index (χ2n) is 6.59. The summed E-state index contributed by atoms with van der Waals surface area (Å²) in [5, 5.41) is 14.7. The van der Waals surface area contributed by atoms with Gasteiger partial charge in [0, 0.05) is 11.3 Å². The average Bonchev–Trinajstić information content (AvgIpc) is 2.88. The van der Waals surface area contributed by atoms with Gasteiger partial charge in [0.25, 0.3) is 11.6 Å². The van der Waals surface area contributed by atoms with E-state index in [-0.39, 0.29) is 28.6 Å². The molecule has 5 nitrogen and oxygen atoms in total. The number of aliphatic hydroxyl groups is 1. The van der Waals surface area contributed by atoms with Crippen LogP contribution in [0.15, 0.2) is 29.4 Å². The minimum atomic E-state index is -5.01. The predicted octanol–water partition coefficient (Wildman–Crippen LogP) is 3.19. The van der Waals surface area contributed by atoms with Gasteiger partial charge < -0.3 is 9.84 Å². The van der Waals surface area contributed by atoms with Crippen LogP contribution in [-0.4, -0.2) is 40.7 Å². The minimum absolute atomic E-state index is 0.000444. The van der Waals surface area contributed by atoms with Crippen LogP contribution in [0.5, 0.6) is 5.75 Å². The summed E-state index contributed by atoms with van der Waals surface area (Å²) in [6.45, 7) is 1.83. The molecule has 1 aliphatic heterocycles. The number of hydrogen-bond donors (Lipinski definition) is 1. The Kier molecular flexibility index (Phi) is 4.26. The molecule has 1 saturated carbocycles. The van der Waals surface area contributed by atoms with Crippen molar-refractivity contribution in [2.24, 2.45) is 16.9 Å². The molecule has 25 heavy (non-hydrogen) atoms. The summed E-state index contributed by atoms with van der Waals surface area (Å²) in [7, 11) is 1.44. The molecule has 0 aromatic heterocycles. The Bertz CT molecular complexity index is 702. The molecule has 0 spiro atoms. The van der Waals surface area contributed by atoms with E-state index in [1.807, 2.05) is 6.92 Å². The Morgan fingerprint density at radius 3 is 2.56 bits per heavy atom. The fourth-order valence-corrected chi connectivity index (χ4v) is 3.47. The second-order valence-corrected chi connectivity index (χ2v) is 6.59. The number of halogens is 3. The number of fused-ring (bicyclic) bond motifs is 1. The Morgan fingerprint density at radius 2 is 2.00 bits per heavy atom. The number of amides is 1. The smallest absolute Gasteiger partial charge is 0.439 e. The van der Waals surface area contributed by atoms with Crippen molar-refractivity contribution in [1.29, 1.82) is 0 Å². The average molecular weight is 356 g/mol. The van der Waals surface area contributed by atoms with Crippen molar-refractivity contribution in [3.8, 4) is 5.75 Å². The molecule has 8 heteroatoms. The van der Waals surface area contributed by atoms with E-state index < -0.39 is 23.7 Å². The number of hydrogen-bond acceptors (Lipinski definition) is 4. The van der Waals surface area contributed by atoms with Crippen molar-refractivity contribution in [3.05, 3.63) is 29.8 Å². The molecule has 1 aliphatic carbocycles. The number of benzene rings is 1. The molecule has 2 aliphatic rings. The van der Waals surface area contributed by atoms with Crippen molar-refractivity contribution in [1.82, 2.24) is 5.01 Å². The van der Waals surface area contributed by atoms with Crippen LogP contribution in [0.2, 0.25) is 0 Å². The fourth-order valence-electron chi connectivity index (χ4n) is 3.47. The SMILES string of the molecule is COc1ccc(C(=O)N2N=C3CC[C@@H](C)C[C@@H]3[C@@]2(O)C(F)(F)F)cc1. The summed E-state index contributed by atoms with van der Waals surface area (Å²) in [4.78, 5) is 12.7. The van der Waals surface area contributed by atoms with Gasteiger partial charge in [-0.05, 0) is 49.4 Å². The quantitative estimate of drug-likeness (QED) is 0.885. The molecule has 1 fully saturated rings. The maximum absolute atomic E-state index is 13.8. The Hall–Kier alpha value is -2.09. The van der Waals surface area contributed by atoms with E-state index in [0.29, 0.717) is 18.6 Å². The number of alkyl halides is 3. The Labute approximate surface area is 143 Å². The fraction of sp³-hybridized carbons (Fsp3) is 0.529. The molecule has 0 saturated heterocycles. The third-order valence-electron chi connectivity index (χ3n) is 4.92. The number of hydrazone groups is 1. The first-order valence-electron chi connectivity index (χ1n) is 8.03. The van der Waals surface area contributed by atoms with Gasteiger partial charge in [-0.2, -0.15) is 23.3 Å². The van der Waals surface area contributed by atoms with Crippen LogP contribution in [0.25, 0.3) is 0 Å². The summed E-state index contributed by atoms with van der Waals surface area (Å²) < 4.78 is 46.2. The highest BCUT2D eigenvalue weighted by molar-refractivity contribution is 5.99. The molecule has 1 heterocycles. The lowest BCUT2D eigenvalue weighted by Crippen LogP contribution is -2.61. The third kappa shape index (κ3) is 2.78. The van der Waals surface area contributed by atoms with E-state index in [4.69, 9.17) is 4.74 Å². The lowest BCUT2D eigenvalue weighted by molar-refractivity contribution is -0.313. The lowest BCUT2D eigenvalue weighted by atomic mass is 9.76. The molecule has 1 amide bonds. The summed E-state index contributed by atoms with van der Waals surface area (Å²) in [5.41, 5.74) is -3.08. The first-order valence-corrected chi connectivity index (χ1v) is 8.03. The van der Waals surface area contributed by atoms with Crippen LogP contribution in [0.1, 0.15) is 36.5 Å². The number of carbonyl (C=O) groups is 1. The van der Waals surface area contributed by atoms with Crippen molar-refractivity contribution < 1.29 is 27.8 Å². The normalized spacial score (nSPS) is 29.2. The molecule has 3 atom stereocenters. The van der Waals surface area contributed by atoms with Gasteiger partial charge in [-0.3, -0.25) is 4.79 Å². The Balaban J connectivity index is 2.00. The van der Waals surface area contributed by atoms with Crippen molar-refractivity contribution in [2.75, 3.05) is 7.11 Å². The zero-order valence-corrected chi connectivity index (χ0v) is 13.9. The van der Waals surface area contributed by atoms with Gasteiger partial charge in [-0.1, -0.05) is 6.92 Å². The summed E-state index contributed by atoms with van der Waals surface area (Å²) >= 11 is 0. The van der Waals surface area contributed by atoms with E-state index in [1.54, 1.807) is 0 Å². The van der Waals surface area contributed by atoms with Gasteiger partial charge >= 0.3 is 6.18 Å². The first kappa shape index (κ1) is 17.7. The number of ether oxygens (including phenoxy) is 1. The molecular weight excluding hydrogens is 337 g/mol. The van der Waals surface area contributed by atoms with E-state index in [1.165, 1.54) is 31.4 Å². The van der Waals surface area contributed by atoms with Crippen LogP contribution in [-0.2, 0) is 0 Å². The van der Waals surface area contributed by atoms with Crippen molar-refractivity contribution in [3.63, 3.8) is 0 Å². The van der Waals surface area contributed by atoms with Gasteiger partial charge in [-0.15, -0.1) is 0 Å². The van der Waals surface area contributed by atoms with Crippen LogP contribution in [0, 0.1) is 11.8 Å². The second kappa shape index (κ2) is 6.01. The highest BCUT2D eigenvalue weighted by Crippen LogP contribution is 2.49. The van der Waals surface area contributed by atoms with Gasteiger partial charge in [-0.25, -0.2) is 0 Å². The Morgan fingerprint density at radius 1 is 1.36 bits per heavy atom. The van der Waals surface area contributed by atoms with Gasteiger partial charge in [0.1, 0.15) is 5.75 Å². The highest BCUT2D eigenvalue weighted by Gasteiger charge is 2.68. The number of carbonyl (C=O) groups excluding carboxylic acids is 1. The van der Waals surface area contributed by atoms with Gasteiger partial charge in [0.2, 0.25) is 0 Å². The number of methoxy groups -OCH3 is 1. The minimum Gasteiger partial charge on any atom is -0.497 e. The molecule has 0 unspecified atom stereocenters. The maximum Gasteiger partial charge on any atom is 0.439 e. The highest BCUT2D eigenvalue weighted by atomic mass is 19.4. The summed E-state index contributed by atoms with van der Waals surface area (Å²) in [6.07, 6.45) is -3.84. The molecule has 0 bridgehead atoms. The molecule has 136 valence electrons. The van der Waals surface area contributed by atoms with E-state index in [2.05, 4.69) is 5.10 Å². The van der Waals surface area contributed by atoms with E-state index in [9.17, 15) is 23.1 Å². The summed E-state index contributed by atoms with van der Waals surface area (Å²) in [5.74, 6) is -1.72. The van der Waals surface area contributed by atoms with Crippen LogP contribution >= 0.6 is 0 Å². The van der Waals surface area contributed by atoms with Gasteiger partial charge in [0.15, 0.2) is 0 Å². The standard InChI is InChI=1S/C17H19F3N2O3/c1-10-3-8-14-13(9-10)16(24,17(18,19)20)22(21-14)15(23)11-4-6-12(25-2)7-5-11/h4-7,10,13,24H,3,8-9H2,1-2H3/t10-,13+,16-/m1/s1. The largest absolute Gasteiger partial charge is 0.497 e. The zero-order chi connectivity index (χ0) is 18.4. The van der Waals surface area contributed by atoms with Crippen molar-refractivity contribution >= 4 is 11.6 Å². The van der Waals surface area contributed by atoms with Crippen LogP contribution in [0.4, 0.5) is 13.2 Å². The molecule has 0 radical (unpaired) electrons. The lowest BCUT2D eigenvalue weighted by Gasteiger charge is -2.39. The molecule has 1 N–H and O–H groups in total. The molecule has 3 rings (SSSR count). The number of rotatable bonds is 2. The third-order valence-corrected chi connectivity index (χ3v) is 4.92. The number of nitrogens with zero attached hydrogens (tertiary/aromatic N) is 2. The molecule has 1 aromatic carbocycles.